The predicted octanol–water partition coefficient (Wildman–Crippen LogP) is 1.55. The van der Waals surface area contributed by atoms with Gasteiger partial charge in [-0.2, -0.15) is 0 Å². The largest absolute Gasteiger partial charge is 0.327 e. The number of thioether (sulfide) groups is 1. The molecule has 2 rings (SSSR count). The van der Waals surface area contributed by atoms with E-state index in [4.69, 9.17) is 0 Å². The zero-order chi connectivity index (χ0) is 19.3. The standard InChI is InChI=1S/C16H20N4O5S/c1-10(2)8-19-15(23)7-13(21)18-16(19)26-9-14(22)17-11-3-5-12(6-4-11)20(24)25/h3-6,10,16H,7-9H2,1-2H3,(H,17,22)(H,18,21). The maximum absolute atomic E-state index is 12.1. The van der Waals surface area contributed by atoms with Crippen molar-refractivity contribution >= 4 is 40.9 Å². The van der Waals surface area contributed by atoms with Gasteiger partial charge in [0.15, 0.2) is 5.50 Å². The van der Waals surface area contributed by atoms with E-state index in [2.05, 4.69) is 10.6 Å². The van der Waals surface area contributed by atoms with Crippen molar-refractivity contribution in [3.05, 3.63) is 34.4 Å². The smallest absolute Gasteiger partial charge is 0.269 e. The number of rotatable bonds is 7. The average molecular weight is 380 g/mol. The van der Waals surface area contributed by atoms with Crippen LogP contribution in [0.15, 0.2) is 24.3 Å². The Kier molecular flexibility index (Phi) is 6.56. The molecule has 1 fully saturated rings. The van der Waals surface area contributed by atoms with E-state index in [1.165, 1.54) is 24.3 Å². The molecule has 1 unspecified atom stereocenters. The minimum atomic E-state index is -0.589. The van der Waals surface area contributed by atoms with Gasteiger partial charge in [-0.1, -0.05) is 13.8 Å². The molecule has 2 N–H and O–H groups in total. The number of anilines is 1. The first kappa shape index (κ1) is 19.7. The molecule has 0 aliphatic carbocycles. The number of nitrogens with zero attached hydrogens (tertiary/aromatic N) is 2. The van der Waals surface area contributed by atoms with Crippen LogP contribution in [0.5, 0.6) is 0 Å². The highest BCUT2D eigenvalue weighted by Gasteiger charge is 2.32. The van der Waals surface area contributed by atoms with Gasteiger partial charge in [-0.25, -0.2) is 0 Å². The summed E-state index contributed by atoms with van der Waals surface area (Å²) in [6, 6.07) is 5.48. The molecule has 1 aliphatic heterocycles. The Labute approximate surface area is 154 Å². The van der Waals surface area contributed by atoms with E-state index in [0.717, 1.165) is 11.8 Å². The van der Waals surface area contributed by atoms with Crippen molar-refractivity contribution in [1.82, 2.24) is 10.2 Å². The van der Waals surface area contributed by atoms with Gasteiger partial charge in [0.05, 0.1) is 10.7 Å². The van der Waals surface area contributed by atoms with Crippen LogP contribution in [0.3, 0.4) is 0 Å². The predicted molar refractivity (Wildman–Crippen MR) is 97.3 cm³/mol. The molecule has 1 aromatic carbocycles. The molecule has 0 bridgehead atoms. The van der Waals surface area contributed by atoms with Gasteiger partial charge in [-0.05, 0) is 18.1 Å². The number of nitrogens with one attached hydrogen (secondary N) is 2. The summed E-state index contributed by atoms with van der Waals surface area (Å²) in [7, 11) is 0. The Morgan fingerprint density at radius 1 is 1.38 bits per heavy atom. The SMILES string of the molecule is CC(C)CN1C(=O)CC(=O)NC1SCC(=O)Nc1ccc([N+](=O)[O-])cc1. The second-order valence-electron chi connectivity index (χ2n) is 6.20. The highest BCUT2D eigenvalue weighted by Crippen LogP contribution is 2.21. The molecule has 0 spiro atoms. The van der Waals surface area contributed by atoms with E-state index >= 15 is 0 Å². The Balaban J connectivity index is 1.92. The number of hydrogen-bond donors (Lipinski definition) is 2. The highest BCUT2D eigenvalue weighted by molar-refractivity contribution is 8.00. The number of carbonyl (C=O) groups excluding carboxylic acids is 3. The van der Waals surface area contributed by atoms with Gasteiger partial charge >= 0.3 is 0 Å². The van der Waals surface area contributed by atoms with Gasteiger partial charge in [0.1, 0.15) is 6.42 Å². The molecule has 10 heteroatoms. The molecule has 1 heterocycles. The summed E-state index contributed by atoms with van der Waals surface area (Å²) in [6.45, 7) is 4.42. The van der Waals surface area contributed by atoms with Crippen LogP contribution in [0.25, 0.3) is 0 Å². The number of hydrogen-bond acceptors (Lipinski definition) is 6. The second-order valence-corrected chi connectivity index (χ2v) is 7.27. The minimum absolute atomic E-state index is 0.0177. The van der Waals surface area contributed by atoms with Gasteiger partial charge in [0.25, 0.3) is 5.69 Å². The first-order valence-electron chi connectivity index (χ1n) is 8.01. The molecule has 3 amide bonds. The molecule has 0 radical (unpaired) electrons. The lowest BCUT2D eigenvalue weighted by atomic mass is 10.2. The monoisotopic (exact) mass is 380 g/mol. The van der Waals surface area contributed by atoms with Crippen LogP contribution in [0.4, 0.5) is 11.4 Å². The summed E-state index contributed by atoms with van der Waals surface area (Å²) in [6.07, 6.45) is -0.182. The third-order valence-corrected chi connectivity index (χ3v) is 4.61. The minimum Gasteiger partial charge on any atom is -0.327 e. The Bertz CT molecular complexity index is 707. The van der Waals surface area contributed by atoms with Crippen molar-refractivity contribution in [2.75, 3.05) is 17.6 Å². The van der Waals surface area contributed by atoms with Gasteiger partial charge in [0.2, 0.25) is 17.7 Å². The molecule has 1 aromatic rings. The number of amides is 3. The summed E-state index contributed by atoms with van der Waals surface area (Å²) in [4.78, 5) is 47.4. The summed E-state index contributed by atoms with van der Waals surface area (Å²) < 4.78 is 0. The van der Waals surface area contributed by atoms with Crippen LogP contribution >= 0.6 is 11.8 Å². The van der Waals surface area contributed by atoms with E-state index in [9.17, 15) is 24.5 Å². The van der Waals surface area contributed by atoms with Crippen LogP contribution in [-0.4, -0.2) is 45.3 Å². The van der Waals surface area contributed by atoms with Crippen LogP contribution in [0.2, 0.25) is 0 Å². The average Bonchev–Trinajstić information content (AvgIpc) is 2.56. The molecule has 1 atom stereocenters. The lowest BCUT2D eigenvalue weighted by Crippen LogP contribution is -2.56. The lowest BCUT2D eigenvalue weighted by Gasteiger charge is -2.36. The number of nitro groups is 1. The van der Waals surface area contributed by atoms with E-state index in [1.807, 2.05) is 13.8 Å². The first-order chi connectivity index (χ1) is 12.3. The van der Waals surface area contributed by atoms with Gasteiger partial charge in [-0.15, -0.1) is 11.8 Å². The lowest BCUT2D eigenvalue weighted by molar-refractivity contribution is -0.384. The molecule has 0 aromatic heterocycles. The highest BCUT2D eigenvalue weighted by atomic mass is 32.2. The van der Waals surface area contributed by atoms with Gasteiger partial charge in [0, 0.05) is 24.4 Å². The fraction of sp³-hybridized carbons (Fsp3) is 0.438. The zero-order valence-corrected chi connectivity index (χ0v) is 15.2. The van der Waals surface area contributed by atoms with E-state index < -0.39 is 10.4 Å². The topological polar surface area (TPSA) is 122 Å². The van der Waals surface area contributed by atoms with Crippen molar-refractivity contribution in [3.63, 3.8) is 0 Å². The fourth-order valence-corrected chi connectivity index (χ4v) is 3.36. The molecule has 9 nitrogen and oxygen atoms in total. The van der Waals surface area contributed by atoms with E-state index in [1.54, 1.807) is 4.90 Å². The van der Waals surface area contributed by atoms with Crippen molar-refractivity contribution in [2.45, 2.75) is 25.8 Å². The number of nitro benzene ring substituents is 1. The normalized spacial score (nSPS) is 17.2. The summed E-state index contributed by atoms with van der Waals surface area (Å²) in [5.74, 6) is -0.699. The number of non-ortho nitro benzene ring substituents is 1. The third-order valence-electron chi connectivity index (χ3n) is 3.50. The molecule has 1 aliphatic rings. The molecular formula is C16H20N4O5S. The Morgan fingerprint density at radius 2 is 2.04 bits per heavy atom. The number of benzene rings is 1. The van der Waals surface area contributed by atoms with Crippen molar-refractivity contribution in [2.24, 2.45) is 5.92 Å². The van der Waals surface area contributed by atoms with Crippen LogP contribution in [0.1, 0.15) is 20.3 Å². The van der Waals surface area contributed by atoms with E-state index in [-0.39, 0.29) is 41.5 Å². The third kappa shape index (κ3) is 5.45. The maximum Gasteiger partial charge on any atom is 0.269 e. The summed E-state index contributed by atoms with van der Waals surface area (Å²) in [5.41, 5.74) is -0.220. The Morgan fingerprint density at radius 3 is 2.62 bits per heavy atom. The Hall–Kier alpha value is -2.62. The van der Waals surface area contributed by atoms with Crippen LogP contribution in [-0.2, 0) is 14.4 Å². The molecule has 140 valence electrons. The summed E-state index contributed by atoms with van der Waals surface area (Å²) in [5, 5.41) is 16.0. The number of carbonyl (C=O) groups is 3. The maximum atomic E-state index is 12.1. The zero-order valence-electron chi connectivity index (χ0n) is 14.4. The summed E-state index contributed by atoms with van der Waals surface area (Å²) >= 11 is 1.14. The van der Waals surface area contributed by atoms with E-state index in [0.29, 0.717) is 12.2 Å². The van der Waals surface area contributed by atoms with Crippen LogP contribution < -0.4 is 10.6 Å². The fourth-order valence-electron chi connectivity index (χ4n) is 2.38. The van der Waals surface area contributed by atoms with Crippen molar-refractivity contribution in [1.29, 1.82) is 0 Å². The second kappa shape index (κ2) is 8.65. The molecular weight excluding hydrogens is 360 g/mol. The van der Waals surface area contributed by atoms with Crippen molar-refractivity contribution in [3.8, 4) is 0 Å². The van der Waals surface area contributed by atoms with Crippen molar-refractivity contribution < 1.29 is 19.3 Å². The molecule has 1 saturated heterocycles. The first-order valence-corrected chi connectivity index (χ1v) is 9.06. The quantitative estimate of drug-likeness (QED) is 0.420. The van der Waals surface area contributed by atoms with Crippen LogP contribution in [0, 0.1) is 16.0 Å². The van der Waals surface area contributed by atoms with Gasteiger partial charge < -0.3 is 15.5 Å². The molecule has 26 heavy (non-hydrogen) atoms. The van der Waals surface area contributed by atoms with Gasteiger partial charge in [-0.3, -0.25) is 24.5 Å². The molecule has 0 saturated carbocycles.